The molecular formula is C40H30N4. The second-order valence-electron chi connectivity index (χ2n) is 11.7. The molecule has 0 saturated heterocycles. The zero-order chi connectivity index (χ0) is 30.1. The number of nitrogens with zero attached hydrogens (tertiary/aromatic N) is 4. The van der Waals surface area contributed by atoms with Crippen molar-refractivity contribution in [3.8, 4) is 22.6 Å². The van der Waals surface area contributed by atoms with Crippen molar-refractivity contribution in [2.24, 2.45) is 0 Å². The number of aromatic nitrogens is 3. The number of aryl methyl sites for hydroxylation is 4. The predicted octanol–water partition coefficient (Wildman–Crippen LogP) is 10.7. The summed E-state index contributed by atoms with van der Waals surface area (Å²) in [6.07, 6.45) is 1.92. The third kappa shape index (κ3) is 3.60. The van der Waals surface area contributed by atoms with E-state index >= 15 is 0 Å². The van der Waals surface area contributed by atoms with Gasteiger partial charge in [-0.25, -0.2) is 9.83 Å². The smallest absolute Gasteiger partial charge is 0.187 e. The summed E-state index contributed by atoms with van der Waals surface area (Å²) in [6, 6.07) is 36.3. The lowest BCUT2D eigenvalue weighted by Gasteiger charge is -2.21. The van der Waals surface area contributed by atoms with Gasteiger partial charge in [-0.2, -0.15) is 0 Å². The number of pyridine rings is 1. The van der Waals surface area contributed by atoms with E-state index in [2.05, 4.69) is 127 Å². The van der Waals surface area contributed by atoms with Crippen LogP contribution in [0.1, 0.15) is 22.3 Å². The Labute approximate surface area is 256 Å². The SMILES string of the molecule is [C-]#[N+]c1cccc(-c2ccnc(-n3c4c(C)cccc4c4cccc(C)c43)c2-n2c3c(C)cccc3c3cccc(C)c32)c1. The Kier molecular flexibility index (Phi) is 5.73. The van der Waals surface area contributed by atoms with E-state index in [4.69, 9.17) is 11.6 Å². The highest BCUT2D eigenvalue weighted by Crippen LogP contribution is 2.43. The molecule has 5 aromatic carbocycles. The molecule has 8 rings (SSSR count). The molecule has 0 unspecified atom stereocenters. The van der Waals surface area contributed by atoms with Crippen LogP contribution in [-0.4, -0.2) is 14.1 Å². The van der Waals surface area contributed by atoms with Gasteiger partial charge in [0.2, 0.25) is 0 Å². The van der Waals surface area contributed by atoms with E-state index in [1.807, 2.05) is 24.4 Å². The summed E-state index contributed by atoms with van der Waals surface area (Å²) in [5.41, 5.74) is 13.1. The lowest BCUT2D eigenvalue weighted by molar-refractivity contribution is 1.02. The maximum atomic E-state index is 7.75. The minimum absolute atomic E-state index is 0.616. The first-order valence-corrected chi connectivity index (χ1v) is 14.9. The third-order valence-corrected chi connectivity index (χ3v) is 9.05. The van der Waals surface area contributed by atoms with E-state index in [0.29, 0.717) is 5.69 Å². The molecule has 0 atom stereocenters. The minimum Gasteiger partial charge on any atom is -0.305 e. The molecule has 44 heavy (non-hydrogen) atoms. The first kappa shape index (κ1) is 26.0. The van der Waals surface area contributed by atoms with Crippen LogP contribution in [0.4, 0.5) is 5.69 Å². The van der Waals surface area contributed by atoms with Crippen LogP contribution >= 0.6 is 0 Å². The molecule has 3 heterocycles. The van der Waals surface area contributed by atoms with Gasteiger partial charge < -0.3 is 4.57 Å². The fourth-order valence-electron chi connectivity index (χ4n) is 7.15. The lowest BCUT2D eigenvalue weighted by Crippen LogP contribution is -2.09. The maximum Gasteiger partial charge on any atom is 0.187 e. The van der Waals surface area contributed by atoms with Gasteiger partial charge in [0, 0.05) is 33.3 Å². The Hall–Kier alpha value is -5.66. The van der Waals surface area contributed by atoms with Gasteiger partial charge in [-0.15, -0.1) is 0 Å². The van der Waals surface area contributed by atoms with Crippen LogP contribution in [0.2, 0.25) is 0 Å². The Balaban J connectivity index is 1.66. The van der Waals surface area contributed by atoms with E-state index in [-0.39, 0.29) is 0 Å². The van der Waals surface area contributed by atoms with Crippen molar-refractivity contribution in [3.05, 3.63) is 143 Å². The van der Waals surface area contributed by atoms with Crippen molar-refractivity contribution in [3.63, 3.8) is 0 Å². The molecular weight excluding hydrogens is 536 g/mol. The maximum absolute atomic E-state index is 7.75. The molecule has 0 spiro atoms. The average Bonchev–Trinajstić information content (AvgIpc) is 3.57. The highest BCUT2D eigenvalue weighted by Gasteiger charge is 2.25. The standard InChI is InChI=1S/C40H30N4/c1-24-11-6-17-31-32-18-7-12-25(2)36(32)43(35(24)31)39-30(28-15-10-16-29(23-28)41-5)21-22-42-40(39)44-37-26(3)13-8-19-33(37)34-20-9-14-27(4)38(34)44/h6-23H,1-4H3. The number of hydrogen-bond acceptors (Lipinski definition) is 1. The van der Waals surface area contributed by atoms with Gasteiger partial charge in [-0.05, 0) is 67.6 Å². The number of benzene rings is 5. The van der Waals surface area contributed by atoms with Crippen molar-refractivity contribution in [1.82, 2.24) is 14.1 Å². The normalized spacial score (nSPS) is 11.6. The van der Waals surface area contributed by atoms with Crippen LogP contribution in [0, 0.1) is 34.3 Å². The van der Waals surface area contributed by atoms with E-state index < -0.39 is 0 Å². The number of rotatable bonds is 3. The van der Waals surface area contributed by atoms with E-state index in [0.717, 1.165) is 33.7 Å². The minimum atomic E-state index is 0.616. The third-order valence-electron chi connectivity index (χ3n) is 9.05. The summed E-state index contributed by atoms with van der Waals surface area (Å²) >= 11 is 0. The zero-order valence-corrected chi connectivity index (χ0v) is 25.2. The van der Waals surface area contributed by atoms with Gasteiger partial charge in [-0.1, -0.05) is 91.0 Å². The molecule has 0 N–H and O–H groups in total. The van der Waals surface area contributed by atoms with Gasteiger partial charge in [-0.3, -0.25) is 4.57 Å². The van der Waals surface area contributed by atoms with E-state index in [9.17, 15) is 0 Å². The molecule has 0 amide bonds. The van der Waals surface area contributed by atoms with Crippen molar-refractivity contribution in [2.75, 3.05) is 0 Å². The molecule has 0 bridgehead atoms. The molecule has 8 aromatic rings. The molecule has 4 heteroatoms. The number of hydrogen-bond donors (Lipinski definition) is 0. The summed E-state index contributed by atoms with van der Waals surface area (Å²) in [5.74, 6) is 0.865. The largest absolute Gasteiger partial charge is 0.305 e. The summed E-state index contributed by atoms with van der Waals surface area (Å²) in [5, 5.41) is 4.86. The highest BCUT2D eigenvalue weighted by molar-refractivity contribution is 6.14. The molecule has 4 nitrogen and oxygen atoms in total. The number of fused-ring (bicyclic) bond motifs is 6. The topological polar surface area (TPSA) is 27.1 Å². The molecule has 0 aliphatic carbocycles. The van der Waals surface area contributed by atoms with E-state index in [1.165, 1.54) is 54.8 Å². The fourth-order valence-corrected chi connectivity index (χ4v) is 7.15. The molecule has 0 fully saturated rings. The van der Waals surface area contributed by atoms with Crippen molar-refractivity contribution >= 4 is 49.3 Å². The number of para-hydroxylation sites is 4. The van der Waals surface area contributed by atoms with E-state index in [1.54, 1.807) is 0 Å². The Morgan fingerprint density at radius 2 is 1.00 bits per heavy atom. The predicted molar refractivity (Wildman–Crippen MR) is 184 cm³/mol. The molecule has 0 aliphatic heterocycles. The summed E-state index contributed by atoms with van der Waals surface area (Å²) in [6.45, 7) is 16.5. The van der Waals surface area contributed by atoms with Gasteiger partial charge >= 0.3 is 0 Å². The summed E-state index contributed by atoms with van der Waals surface area (Å²) < 4.78 is 4.81. The van der Waals surface area contributed by atoms with Gasteiger partial charge in [0.05, 0.1) is 34.3 Å². The van der Waals surface area contributed by atoms with Crippen LogP contribution in [-0.2, 0) is 0 Å². The summed E-state index contributed by atoms with van der Waals surface area (Å²) in [4.78, 5) is 9.02. The Morgan fingerprint density at radius 3 is 1.48 bits per heavy atom. The monoisotopic (exact) mass is 566 g/mol. The van der Waals surface area contributed by atoms with Crippen LogP contribution < -0.4 is 0 Å². The second kappa shape index (κ2) is 9.69. The first-order chi connectivity index (χ1) is 21.5. The Morgan fingerprint density at radius 1 is 0.545 bits per heavy atom. The van der Waals surface area contributed by atoms with Crippen molar-refractivity contribution in [1.29, 1.82) is 0 Å². The van der Waals surface area contributed by atoms with Crippen molar-refractivity contribution < 1.29 is 0 Å². The molecule has 0 saturated carbocycles. The Bertz CT molecular complexity index is 2380. The molecule has 0 radical (unpaired) electrons. The van der Waals surface area contributed by atoms with Gasteiger partial charge in [0.25, 0.3) is 0 Å². The van der Waals surface area contributed by atoms with Gasteiger partial charge in [0.1, 0.15) is 0 Å². The first-order valence-electron chi connectivity index (χ1n) is 14.9. The molecule has 3 aromatic heterocycles. The quantitative estimate of drug-likeness (QED) is 0.195. The zero-order valence-electron chi connectivity index (χ0n) is 25.2. The second-order valence-corrected chi connectivity index (χ2v) is 11.7. The molecule has 0 aliphatic rings. The highest BCUT2D eigenvalue weighted by atomic mass is 15.1. The average molecular weight is 567 g/mol. The van der Waals surface area contributed by atoms with Crippen LogP contribution in [0.15, 0.2) is 109 Å². The van der Waals surface area contributed by atoms with Crippen molar-refractivity contribution in [2.45, 2.75) is 27.7 Å². The van der Waals surface area contributed by atoms with Crippen LogP contribution in [0.25, 0.3) is 71.1 Å². The fraction of sp³-hybridized carbons (Fsp3) is 0.100. The van der Waals surface area contributed by atoms with Crippen LogP contribution in [0.5, 0.6) is 0 Å². The van der Waals surface area contributed by atoms with Gasteiger partial charge in [0.15, 0.2) is 11.5 Å². The molecule has 210 valence electrons. The summed E-state index contributed by atoms with van der Waals surface area (Å²) in [7, 11) is 0. The van der Waals surface area contributed by atoms with Crippen LogP contribution in [0.3, 0.4) is 0 Å². The lowest BCUT2D eigenvalue weighted by atomic mass is 10.0.